The first-order chi connectivity index (χ1) is 11.5. The first-order valence-electron chi connectivity index (χ1n) is 7.95. The van der Waals surface area contributed by atoms with Crippen molar-refractivity contribution in [1.82, 2.24) is 4.98 Å². The van der Waals surface area contributed by atoms with E-state index in [4.69, 9.17) is 14.2 Å². The molecule has 1 fully saturated rings. The summed E-state index contributed by atoms with van der Waals surface area (Å²) in [5.74, 6) is -0.708. The molecule has 0 unspecified atom stereocenters. The van der Waals surface area contributed by atoms with E-state index in [9.17, 15) is 14.4 Å². The van der Waals surface area contributed by atoms with Crippen LogP contribution in [0.15, 0.2) is 5.38 Å². The molecule has 132 valence electrons. The average Bonchev–Trinajstić information content (AvgIpc) is 3.04. The SMILES string of the molecule is CCOC(=O)c1csc(OCC2(C(=O)OCC)CCC(=O)CC2)n1. The topological polar surface area (TPSA) is 91.8 Å². The summed E-state index contributed by atoms with van der Waals surface area (Å²) in [5.41, 5.74) is -0.652. The van der Waals surface area contributed by atoms with Crippen LogP contribution in [0.25, 0.3) is 0 Å². The van der Waals surface area contributed by atoms with E-state index in [0.29, 0.717) is 30.9 Å². The van der Waals surface area contributed by atoms with Gasteiger partial charge in [0.25, 0.3) is 5.19 Å². The van der Waals surface area contributed by atoms with Gasteiger partial charge < -0.3 is 14.2 Å². The number of Topliss-reactive ketones (excluding diaryl/α,β-unsaturated/α-hetero) is 1. The number of aromatic nitrogens is 1. The number of thiazole rings is 1. The van der Waals surface area contributed by atoms with Crippen LogP contribution in [0.2, 0.25) is 0 Å². The molecule has 0 atom stereocenters. The van der Waals surface area contributed by atoms with Gasteiger partial charge in [0.15, 0.2) is 5.69 Å². The summed E-state index contributed by atoms with van der Waals surface area (Å²) in [7, 11) is 0. The Morgan fingerprint density at radius 2 is 1.88 bits per heavy atom. The third-order valence-electron chi connectivity index (χ3n) is 3.91. The Labute approximate surface area is 144 Å². The summed E-state index contributed by atoms with van der Waals surface area (Å²) >= 11 is 1.16. The molecule has 8 heteroatoms. The van der Waals surface area contributed by atoms with Crippen molar-refractivity contribution in [1.29, 1.82) is 0 Å². The monoisotopic (exact) mass is 355 g/mol. The van der Waals surface area contributed by atoms with E-state index in [2.05, 4.69) is 4.98 Å². The first kappa shape index (κ1) is 18.4. The van der Waals surface area contributed by atoms with Crippen molar-refractivity contribution in [3.8, 4) is 5.19 Å². The maximum atomic E-state index is 12.3. The molecule has 1 saturated carbocycles. The van der Waals surface area contributed by atoms with E-state index in [-0.39, 0.29) is 37.3 Å². The fourth-order valence-corrected chi connectivity index (χ4v) is 3.16. The normalized spacial score (nSPS) is 16.5. The van der Waals surface area contributed by atoms with Crippen LogP contribution in [0.5, 0.6) is 5.19 Å². The predicted octanol–water partition coefficient (Wildman–Crippen LogP) is 2.39. The zero-order valence-corrected chi connectivity index (χ0v) is 14.6. The lowest BCUT2D eigenvalue weighted by molar-refractivity contribution is -0.160. The van der Waals surface area contributed by atoms with Gasteiger partial charge in [-0.2, -0.15) is 4.98 Å². The van der Waals surface area contributed by atoms with Crippen LogP contribution in [-0.2, 0) is 19.1 Å². The van der Waals surface area contributed by atoms with Crippen molar-refractivity contribution in [3.05, 3.63) is 11.1 Å². The molecule has 0 saturated heterocycles. The summed E-state index contributed by atoms with van der Waals surface area (Å²) in [5, 5.41) is 1.84. The molecule has 7 nitrogen and oxygen atoms in total. The smallest absolute Gasteiger partial charge is 0.357 e. The van der Waals surface area contributed by atoms with E-state index in [1.807, 2.05) is 0 Å². The number of ketones is 1. The number of ether oxygens (including phenoxy) is 3. The van der Waals surface area contributed by atoms with Crippen molar-refractivity contribution < 1.29 is 28.6 Å². The predicted molar refractivity (Wildman–Crippen MR) is 86.1 cm³/mol. The molecule has 0 aliphatic heterocycles. The van der Waals surface area contributed by atoms with Crippen LogP contribution in [-0.4, -0.2) is 42.5 Å². The highest BCUT2D eigenvalue weighted by Gasteiger charge is 2.44. The number of carbonyl (C=O) groups is 3. The van der Waals surface area contributed by atoms with Gasteiger partial charge >= 0.3 is 11.9 Å². The van der Waals surface area contributed by atoms with Crippen molar-refractivity contribution in [2.75, 3.05) is 19.8 Å². The average molecular weight is 355 g/mol. The summed E-state index contributed by atoms with van der Waals surface area (Å²) in [4.78, 5) is 39.5. The number of carbonyl (C=O) groups excluding carboxylic acids is 3. The molecule has 1 aliphatic rings. The summed E-state index contributed by atoms with van der Waals surface area (Å²) in [6.45, 7) is 4.09. The van der Waals surface area contributed by atoms with Gasteiger partial charge in [0.05, 0.1) is 13.2 Å². The van der Waals surface area contributed by atoms with E-state index in [0.717, 1.165) is 11.3 Å². The Morgan fingerprint density at radius 1 is 1.21 bits per heavy atom. The molecule has 0 spiro atoms. The molecule has 0 radical (unpaired) electrons. The van der Waals surface area contributed by atoms with Crippen LogP contribution in [0.3, 0.4) is 0 Å². The van der Waals surface area contributed by atoms with E-state index in [1.165, 1.54) is 0 Å². The summed E-state index contributed by atoms with van der Waals surface area (Å²) in [6, 6.07) is 0. The highest BCUT2D eigenvalue weighted by molar-refractivity contribution is 7.11. The van der Waals surface area contributed by atoms with Gasteiger partial charge in [0.1, 0.15) is 17.8 Å². The van der Waals surface area contributed by atoms with E-state index in [1.54, 1.807) is 19.2 Å². The van der Waals surface area contributed by atoms with E-state index >= 15 is 0 Å². The first-order valence-corrected chi connectivity index (χ1v) is 8.83. The number of nitrogens with zero attached hydrogens (tertiary/aromatic N) is 1. The molecule has 1 aliphatic carbocycles. The Morgan fingerprint density at radius 3 is 2.50 bits per heavy atom. The van der Waals surface area contributed by atoms with Crippen LogP contribution < -0.4 is 4.74 Å². The standard InChI is InChI=1S/C16H21NO6S/c1-3-21-13(19)12-9-24-15(17-12)23-10-16(14(20)22-4-2)7-5-11(18)6-8-16/h9H,3-8,10H2,1-2H3. The molecule has 1 heterocycles. The molecular weight excluding hydrogens is 334 g/mol. The largest absolute Gasteiger partial charge is 0.469 e. The highest BCUT2D eigenvalue weighted by Crippen LogP contribution is 2.37. The Balaban J connectivity index is 2.04. The molecular formula is C16H21NO6S. The second-order valence-corrected chi connectivity index (χ2v) is 6.37. The van der Waals surface area contributed by atoms with Gasteiger partial charge in [-0.25, -0.2) is 4.79 Å². The minimum Gasteiger partial charge on any atom is -0.469 e. The van der Waals surface area contributed by atoms with Crippen molar-refractivity contribution in [2.24, 2.45) is 5.41 Å². The maximum absolute atomic E-state index is 12.3. The lowest BCUT2D eigenvalue weighted by Crippen LogP contribution is -2.42. The van der Waals surface area contributed by atoms with Gasteiger partial charge in [-0.15, -0.1) is 0 Å². The molecule has 0 aromatic carbocycles. The number of esters is 2. The highest BCUT2D eigenvalue weighted by atomic mass is 32.1. The molecule has 0 amide bonds. The van der Waals surface area contributed by atoms with Crippen LogP contribution in [0.1, 0.15) is 50.0 Å². The van der Waals surface area contributed by atoms with Gasteiger partial charge in [-0.3, -0.25) is 9.59 Å². The lowest BCUT2D eigenvalue weighted by Gasteiger charge is -2.33. The van der Waals surface area contributed by atoms with Gasteiger partial charge in [0.2, 0.25) is 0 Å². The van der Waals surface area contributed by atoms with Gasteiger partial charge in [-0.1, -0.05) is 11.3 Å². The second-order valence-electron chi connectivity index (χ2n) is 5.55. The minimum absolute atomic E-state index is 0.0783. The molecule has 1 aromatic rings. The Kier molecular flexibility index (Phi) is 6.30. The van der Waals surface area contributed by atoms with Crippen molar-refractivity contribution in [2.45, 2.75) is 39.5 Å². The van der Waals surface area contributed by atoms with Gasteiger partial charge in [0, 0.05) is 18.2 Å². The molecule has 1 aromatic heterocycles. The molecule has 0 bridgehead atoms. The van der Waals surface area contributed by atoms with Gasteiger partial charge in [-0.05, 0) is 26.7 Å². The number of hydrogen-bond donors (Lipinski definition) is 0. The van der Waals surface area contributed by atoms with Crippen LogP contribution in [0, 0.1) is 5.41 Å². The fraction of sp³-hybridized carbons (Fsp3) is 0.625. The quantitative estimate of drug-likeness (QED) is 0.693. The third kappa shape index (κ3) is 4.31. The number of rotatable bonds is 7. The van der Waals surface area contributed by atoms with Crippen LogP contribution >= 0.6 is 11.3 Å². The minimum atomic E-state index is -0.834. The maximum Gasteiger partial charge on any atom is 0.357 e. The van der Waals surface area contributed by atoms with Crippen LogP contribution in [0.4, 0.5) is 0 Å². The third-order valence-corrected chi connectivity index (χ3v) is 4.66. The second kappa shape index (κ2) is 8.23. The molecule has 24 heavy (non-hydrogen) atoms. The van der Waals surface area contributed by atoms with Crippen molar-refractivity contribution in [3.63, 3.8) is 0 Å². The Bertz CT molecular complexity index is 601. The molecule has 2 rings (SSSR count). The Hall–Kier alpha value is -1.96. The zero-order valence-electron chi connectivity index (χ0n) is 13.8. The molecule has 0 N–H and O–H groups in total. The van der Waals surface area contributed by atoms with Crippen molar-refractivity contribution >= 4 is 29.1 Å². The summed E-state index contributed by atoms with van der Waals surface area (Å²) in [6.07, 6.45) is 1.49. The fourth-order valence-electron chi connectivity index (χ4n) is 2.52. The number of hydrogen-bond acceptors (Lipinski definition) is 8. The lowest BCUT2D eigenvalue weighted by atomic mass is 9.74. The zero-order chi connectivity index (χ0) is 17.6. The summed E-state index contributed by atoms with van der Waals surface area (Å²) < 4.78 is 15.7. The van der Waals surface area contributed by atoms with E-state index < -0.39 is 11.4 Å².